The number of rotatable bonds is 0. The summed E-state index contributed by atoms with van der Waals surface area (Å²) in [5.41, 5.74) is -0.441. The Bertz CT molecular complexity index is 319. The fraction of sp³-hybridized carbons (Fsp3) is 0.833. The van der Waals surface area contributed by atoms with Crippen molar-refractivity contribution in [1.29, 1.82) is 0 Å². The van der Waals surface area contributed by atoms with Gasteiger partial charge in [0.25, 0.3) is 0 Å². The van der Waals surface area contributed by atoms with Crippen molar-refractivity contribution in [3.8, 4) is 0 Å². The van der Waals surface area contributed by atoms with Crippen LogP contribution in [0.25, 0.3) is 0 Å². The summed E-state index contributed by atoms with van der Waals surface area (Å²) < 4.78 is 5.31. The van der Waals surface area contributed by atoms with E-state index in [1.165, 1.54) is 0 Å². The lowest BCUT2D eigenvalue weighted by molar-refractivity contribution is -0.138. The van der Waals surface area contributed by atoms with Gasteiger partial charge < -0.3 is 9.64 Å². The largest absolute Gasteiger partial charge is 0.444 e. The van der Waals surface area contributed by atoms with Gasteiger partial charge in [-0.1, -0.05) is 0 Å². The Balaban J connectivity index is 1.88. The zero-order valence-corrected chi connectivity index (χ0v) is 10.2. The summed E-state index contributed by atoms with van der Waals surface area (Å²) in [5.74, 6) is 0.973. The van der Waals surface area contributed by atoms with E-state index in [4.69, 9.17) is 4.74 Å². The molecule has 1 aliphatic heterocycles. The van der Waals surface area contributed by atoms with Crippen molar-refractivity contribution in [1.82, 2.24) is 4.90 Å². The Labute approximate surface area is 95.9 Å². The van der Waals surface area contributed by atoms with E-state index >= 15 is 0 Å². The van der Waals surface area contributed by atoms with Crippen molar-refractivity contribution >= 4 is 11.9 Å². The number of hydrogen-bond donors (Lipinski definition) is 0. The molecule has 4 nitrogen and oxygen atoms in total. The van der Waals surface area contributed by atoms with Crippen LogP contribution in [0.4, 0.5) is 4.79 Å². The first-order valence-corrected chi connectivity index (χ1v) is 5.87. The number of piperidine rings is 1. The highest BCUT2D eigenvalue weighted by Crippen LogP contribution is 2.37. The summed E-state index contributed by atoms with van der Waals surface area (Å²) in [7, 11) is 0. The predicted octanol–water partition coefficient (Wildman–Crippen LogP) is 1.83. The van der Waals surface area contributed by atoms with Crippen LogP contribution in [0.3, 0.4) is 0 Å². The molecule has 2 rings (SSSR count). The van der Waals surface area contributed by atoms with Gasteiger partial charge in [0, 0.05) is 25.4 Å². The van der Waals surface area contributed by atoms with Crippen LogP contribution in [0.2, 0.25) is 0 Å². The molecule has 2 atom stereocenters. The van der Waals surface area contributed by atoms with Crippen LogP contribution in [0, 0.1) is 11.8 Å². The van der Waals surface area contributed by atoms with Crippen LogP contribution in [0.5, 0.6) is 0 Å². The molecule has 0 spiro atoms. The fourth-order valence-corrected chi connectivity index (χ4v) is 2.40. The lowest BCUT2D eigenvalue weighted by Crippen LogP contribution is -2.53. The van der Waals surface area contributed by atoms with E-state index < -0.39 is 5.60 Å². The Hall–Kier alpha value is -1.06. The van der Waals surface area contributed by atoms with E-state index in [9.17, 15) is 9.59 Å². The molecule has 1 aliphatic carbocycles. The smallest absolute Gasteiger partial charge is 0.410 e. The second-order valence-electron chi connectivity index (χ2n) is 5.75. The quantitative estimate of drug-likeness (QED) is 0.632. The molecule has 16 heavy (non-hydrogen) atoms. The molecule has 0 N–H and O–H groups in total. The number of likely N-dealkylation sites (tertiary alicyclic amines) is 1. The second-order valence-corrected chi connectivity index (χ2v) is 5.75. The summed E-state index contributed by atoms with van der Waals surface area (Å²) in [6, 6.07) is 0. The van der Waals surface area contributed by atoms with E-state index in [0.29, 0.717) is 31.2 Å². The number of ether oxygens (including phenoxy) is 1. The minimum Gasteiger partial charge on any atom is -0.444 e. The number of ketones is 1. The third kappa shape index (κ3) is 2.20. The molecule has 1 amide bonds. The zero-order valence-electron chi connectivity index (χ0n) is 10.2. The maximum absolute atomic E-state index is 11.8. The summed E-state index contributed by atoms with van der Waals surface area (Å²) in [6.45, 7) is 6.94. The maximum atomic E-state index is 11.8. The van der Waals surface area contributed by atoms with Crippen LogP contribution >= 0.6 is 0 Å². The first kappa shape index (κ1) is 11.4. The van der Waals surface area contributed by atoms with Crippen molar-refractivity contribution in [3.63, 3.8) is 0 Å². The van der Waals surface area contributed by atoms with Crippen molar-refractivity contribution in [3.05, 3.63) is 0 Å². The van der Waals surface area contributed by atoms with Crippen molar-refractivity contribution < 1.29 is 14.3 Å². The van der Waals surface area contributed by atoms with Gasteiger partial charge in [-0.15, -0.1) is 0 Å². The van der Waals surface area contributed by atoms with Gasteiger partial charge in [-0.2, -0.15) is 0 Å². The van der Waals surface area contributed by atoms with Crippen LogP contribution in [0.15, 0.2) is 0 Å². The molecule has 1 saturated carbocycles. The molecule has 1 heterocycles. The van der Waals surface area contributed by atoms with Gasteiger partial charge in [0.05, 0.1) is 0 Å². The third-order valence-electron chi connectivity index (χ3n) is 3.26. The molecular weight excluding hydrogens is 206 g/mol. The van der Waals surface area contributed by atoms with Gasteiger partial charge in [-0.25, -0.2) is 4.79 Å². The highest BCUT2D eigenvalue weighted by Gasteiger charge is 2.44. The SMILES string of the molecule is CC(C)(C)OC(=O)N1CC[C@H]2C(=O)C[C@@H]2C1. The molecule has 0 bridgehead atoms. The number of nitrogens with zero attached hydrogens (tertiary/aromatic N) is 1. The summed E-state index contributed by atoms with van der Waals surface area (Å²) in [6.07, 6.45) is 1.21. The first-order chi connectivity index (χ1) is 7.37. The normalized spacial score (nSPS) is 29.4. The molecule has 1 saturated heterocycles. The van der Waals surface area contributed by atoms with E-state index in [-0.39, 0.29) is 12.0 Å². The van der Waals surface area contributed by atoms with Gasteiger partial charge in [-0.3, -0.25) is 4.79 Å². The molecule has 0 aromatic carbocycles. The fourth-order valence-electron chi connectivity index (χ4n) is 2.40. The van der Waals surface area contributed by atoms with Gasteiger partial charge >= 0.3 is 6.09 Å². The predicted molar refractivity (Wildman–Crippen MR) is 59.0 cm³/mol. The Morgan fingerprint density at radius 1 is 1.44 bits per heavy atom. The van der Waals surface area contributed by atoms with Gasteiger partial charge in [0.2, 0.25) is 0 Å². The summed E-state index contributed by atoms with van der Waals surface area (Å²) in [4.78, 5) is 24.8. The minimum absolute atomic E-state index is 0.221. The monoisotopic (exact) mass is 225 g/mol. The van der Waals surface area contributed by atoms with Gasteiger partial charge in [-0.05, 0) is 33.1 Å². The average molecular weight is 225 g/mol. The number of carbonyl (C=O) groups is 2. The van der Waals surface area contributed by atoms with E-state index in [0.717, 1.165) is 6.42 Å². The van der Waals surface area contributed by atoms with Crippen molar-refractivity contribution in [2.45, 2.75) is 39.2 Å². The van der Waals surface area contributed by atoms with Crippen molar-refractivity contribution in [2.24, 2.45) is 11.8 Å². The van der Waals surface area contributed by atoms with E-state index in [1.807, 2.05) is 20.8 Å². The van der Waals surface area contributed by atoms with Crippen molar-refractivity contribution in [2.75, 3.05) is 13.1 Å². The molecule has 2 aliphatic rings. The van der Waals surface area contributed by atoms with Crippen LogP contribution in [-0.4, -0.2) is 35.5 Å². The average Bonchev–Trinajstić information content (AvgIpc) is 2.12. The van der Waals surface area contributed by atoms with Crippen LogP contribution in [-0.2, 0) is 9.53 Å². The lowest BCUT2D eigenvalue weighted by Gasteiger charge is -2.43. The topological polar surface area (TPSA) is 46.6 Å². The van der Waals surface area contributed by atoms with Gasteiger partial charge in [0.15, 0.2) is 0 Å². The molecule has 0 radical (unpaired) electrons. The summed E-state index contributed by atoms with van der Waals surface area (Å²) in [5, 5.41) is 0. The first-order valence-electron chi connectivity index (χ1n) is 5.87. The highest BCUT2D eigenvalue weighted by molar-refractivity contribution is 5.88. The molecule has 2 fully saturated rings. The van der Waals surface area contributed by atoms with E-state index in [2.05, 4.69) is 0 Å². The molecule has 90 valence electrons. The Kier molecular flexibility index (Phi) is 2.68. The van der Waals surface area contributed by atoms with Crippen LogP contribution < -0.4 is 0 Å². The highest BCUT2D eigenvalue weighted by atomic mass is 16.6. The minimum atomic E-state index is -0.441. The van der Waals surface area contributed by atoms with Crippen LogP contribution in [0.1, 0.15) is 33.6 Å². The number of Topliss-reactive ketones (excluding diaryl/α,β-unsaturated/α-hetero) is 1. The lowest BCUT2D eigenvalue weighted by atomic mass is 9.68. The molecule has 0 aromatic rings. The molecular formula is C12H19NO3. The molecule has 0 unspecified atom stereocenters. The molecule has 0 aromatic heterocycles. The van der Waals surface area contributed by atoms with Gasteiger partial charge in [0.1, 0.15) is 11.4 Å². The maximum Gasteiger partial charge on any atom is 0.410 e. The molecule has 4 heteroatoms. The summed E-state index contributed by atoms with van der Waals surface area (Å²) >= 11 is 0. The number of carbonyl (C=O) groups excluding carboxylic acids is 2. The number of amides is 1. The number of fused-ring (bicyclic) bond motifs is 1. The Morgan fingerprint density at radius 3 is 2.62 bits per heavy atom. The number of hydrogen-bond acceptors (Lipinski definition) is 3. The van der Waals surface area contributed by atoms with E-state index in [1.54, 1.807) is 4.90 Å². The standard InChI is InChI=1S/C12H19NO3/c1-12(2,3)16-11(15)13-5-4-9-8(7-13)6-10(9)14/h8-9H,4-7H2,1-3H3/t8-,9-/m1/s1. The zero-order chi connectivity index (χ0) is 11.9. The second kappa shape index (κ2) is 3.75. The Morgan fingerprint density at radius 2 is 2.12 bits per heavy atom. The third-order valence-corrected chi connectivity index (χ3v) is 3.26.